The summed E-state index contributed by atoms with van der Waals surface area (Å²) in [5, 5.41) is 5.24. The van der Waals surface area contributed by atoms with Gasteiger partial charge in [-0.1, -0.05) is 18.2 Å². The van der Waals surface area contributed by atoms with Crippen molar-refractivity contribution in [1.29, 1.82) is 0 Å². The third-order valence-electron chi connectivity index (χ3n) is 4.48. The highest BCUT2D eigenvalue weighted by atomic mass is 15.0. The van der Waals surface area contributed by atoms with Crippen LogP contribution < -0.4 is 5.32 Å². The average molecular weight is 240 g/mol. The first-order chi connectivity index (χ1) is 8.81. The molecule has 2 N–H and O–H groups in total. The van der Waals surface area contributed by atoms with E-state index in [9.17, 15) is 0 Å². The lowest BCUT2D eigenvalue weighted by atomic mass is 9.91. The molecule has 0 spiro atoms. The lowest BCUT2D eigenvalue weighted by Gasteiger charge is -2.23. The van der Waals surface area contributed by atoms with Crippen LogP contribution in [0.3, 0.4) is 0 Å². The molecular formula is C16H20N2. The van der Waals surface area contributed by atoms with E-state index in [1.165, 1.54) is 54.3 Å². The smallest absolute Gasteiger partial charge is 0.0488 e. The Kier molecular flexibility index (Phi) is 2.28. The number of fused-ring (bicyclic) bond motifs is 3. The van der Waals surface area contributed by atoms with Gasteiger partial charge in [-0.15, -0.1) is 0 Å². The van der Waals surface area contributed by atoms with E-state index >= 15 is 0 Å². The Balaban J connectivity index is 1.72. The maximum absolute atomic E-state index is 3.79. The summed E-state index contributed by atoms with van der Waals surface area (Å²) in [7, 11) is 0. The summed E-state index contributed by atoms with van der Waals surface area (Å²) in [6.07, 6.45) is 6.46. The highest BCUT2D eigenvalue weighted by Crippen LogP contribution is 2.32. The normalized spacial score (nSPS) is 23.3. The van der Waals surface area contributed by atoms with Crippen molar-refractivity contribution >= 4 is 10.9 Å². The van der Waals surface area contributed by atoms with Crippen molar-refractivity contribution in [1.82, 2.24) is 10.3 Å². The number of hydrogen-bond donors (Lipinski definition) is 2. The molecule has 0 radical (unpaired) electrons. The van der Waals surface area contributed by atoms with Crippen molar-refractivity contribution in [3.05, 3.63) is 35.0 Å². The van der Waals surface area contributed by atoms with Gasteiger partial charge in [0.1, 0.15) is 0 Å². The average Bonchev–Trinajstić information content (AvgIpc) is 3.10. The second-order valence-electron chi connectivity index (χ2n) is 5.96. The molecule has 0 bridgehead atoms. The molecule has 1 unspecified atom stereocenters. The Morgan fingerprint density at radius 1 is 1.17 bits per heavy atom. The van der Waals surface area contributed by atoms with E-state index in [0.717, 1.165) is 6.04 Å². The fourth-order valence-corrected chi connectivity index (χ4v) is 3.31. The molecule has 1 aromatic heterocycles. The van der Waals surface area contributed by atoms with Crippen molar-refractivity contribution in [3.8, 4) is 0 Å². The highest BCUT2D eigenvalue weighted by Gasteiger charge is 2.28. The van der Waals surface area contributed by atoms with E-state index in [-0.39, 0.29) is 0 Å². The van der Waals surface area contributed by atoms with Gasteiger partial charge in [0, 0.05) is 28.7 Å². The second kappa shape index (κ2) is 3.86. The molecule has 1 atom stereocenters. The minimum absolute atomic E-state index is 0.699. The van der Waals surface area contributed by atoms with Gasteiger partial charge in [-0.05, 0) is 50.2 Å². The van der Waals surface area contributed by atoms with Crippen LogP contribution in [-0.2, 0) is 12.8 Å². The van der Waals surface area contributed by atoms with Gasteiger partial charge in [0.2, 0.25) is 0 Å². The Morgan fingerprint density at radius 2 is 2.06 bits per heavy atom. The number of H-pyrrole nitrogens is 1. The first kappa shape index (κ1) is 10.6. The lowest BCUT2D eigenvalue weighted by molar-refractivity contribution is 0.455. The highest BCUT2D eigenvalue weighted by molar-refractivity contribution is 5.87. The van der Waals surface area contributed by atoms with Crippen molar-refractivity contribution in [2.75, 3.05) is 0 Å². The lowest BCUT2D eigenvalue weighted by Crippen LogP contribution is -2.35. The van der Waals surface area contributed by atoms with Crippen LogP contribution in [-0.4, -0.2) is 17.1 Å². The van der Waals surface area contributed by atoms with Gasteiger partial charge in [-0.3, -0.25) is 0 Å². The SMILES string of the molecule is Cc1cccc2c3c([nH]c12)CCC(NC1CC1)C3. The molecule has 4 rings (SSSR count). The van der Waals surface area contributed by atoms with Crippen molar-refractivity contribution in [2.45, 2.75) is 51.1 Å². The third kappa shape index (κ3) is 1.67. The summed E-state index contributed by atoms with van der Waals surface area (Å²) in [6.45, 7) is 2.20. The van der Waals surface area contributed by atoms with Crippen LogP contribution in [0.25, 0.3) is 10.9 Å². The number of benzene rings is 1. The molecule has 2 nitrogen and oxygen atoms in total. The third-order valence-corrected chi connectivity index (χ3v) is 4.48. The van der Waals surface area contributed by atoms with Gasteiger partial charge in [0.25, 0.3) is 0 Å². The minimum atomic E-state index is 0.699. The number of hydrogen-bond acceptors (Lipinski definition) is 1. The summed E-state index contributed by atoms with van der Waals surface area (Å²) in [4.78, 5) is 3.65. The van der Waals surface area contributed by atoms with Gasteiger partial charge in [0.15, 0.2) is 0 Å². The van der Waals surface area contributed by atoms with Gasteiger partial charge in [0.05, 0.1) is 0 Å². The monoisotopic (exact) mass is 240 g/mol. The number of aromatic nitrogens is 1. The Morgan fingerprint density at radius 3 is 2.89 bits per heavy atom. The van der Waals surface area contributed by atoms with E-state index in [2.05, 4.69) is 35.4 Å². The summed E-state index contributed by atoms with van der Waals surface area (Å²) in [6, 6.07) is 8.18. The molecule has 2 heteroatoms. The summed E-state index contributed by atoms with van der Waals surface area (Å²) < 4.78 is 0. The van der Waals surface area contributed by atoms with E-state index in [1.54, 1.807) is 5.56 Å². The molecule has 0 amide bonds. The summed E-state index contributed by atoms with van der Waals surface area (Å²) >= 11 is 0. The summed E-state index contributed by atoms with van der Waals surface area (Å²) in [5.74, 6) is 0. The molecule has 1 fully saturated rings. The van der Waals surface area contributed by atoms with Gasteiger partial charge < -0.3 is 10.3 Å². The van der Waals surface area contributed by atoms with E-state index in [0.29, 0.717) is 6.04 Å². The van der Waals surface area contributed by atoms with Crippen LogP contribution >= 0.6 is 0 Å². The van der Waals surface area contributed by atoms with E-state index in [1.807, 2.05) is 0 Å². The maximum atomic E-state index is 3.79. The number of para-hydroxylation sites is 1. The number of aromatic amines is 1. The summed E-state index contributed by atoms with van der Waals surface area (Å²) in [5.41, 5.74) is 5.77. The quantitative estimate of drug-likeness (QED) is 0.829. The first-order valence-corrected chi connectivity index (χ1v) is 7.16. The van der Waals surface area contributed by atoms with Crippen molar-refractivity contribution in [3.63, 3.8) is 0 Å². The molecule has 18 heavy (non-hydrogen) atoms. The number of aryl methyl sites for hydroxylation is 2. The standard InChI is InChI=1S/C16H20N2/c1-10-3-2-4-13-14-9-12(17-11-5-6-11)7-8-15(14)18-16(10)13/h2-4,11-12,17-18H,5-9H2,1H3. The van der Waals surface area contributed by atoms with Crippen LogP contribution in [0.4, 0.5) is 0 Å². The minimum Gasteiger partial charge on any atom is -0.358 e. The molecular weight excluding hydrogens is 220 g/mol. The molecule has 0 aliphatic heterocycles. The number of nitrogens with one attached hydrogen (secondary N) is 2. The fourth-order valence-electron chi connectivity index (χ4n) is 3.31. The number of rotatable bonds is 2. The topological polar surface area (TPSA) is 27.8 Å². The second-order valence-corrected chi connectivity index (χ2v) is 5.96. The molecule has 1 saturated carbocycles. The molecule has 2 aromatic rings. The van der Waals surface area contributed by atoms with E-state index < -0.39 is 0 Å². The molecule has 2 aliphatic carbocycles. The zero-order chi connectivity index (χ0) is 12.1. The molecule has 94 valence electrons. The van der Waals surface area contributed by atoms with Crippen LogP contribution in [0.5, 0.6) is 0 Å². The Labute approximate surface area is 108 Å². The van der Waals surface area contributed by atoms with Gasteiger partial charge in [-0.2, -0.15) is 0 Å². The van der Waals surface area contributed by atoms with Crippen molar-refractivity contribution in [2.24, 2.45) is 0 Å². The maximum Gasteiger partial charge on any atom is 0.0488 e. The largest absolute Gasteiger partial charge is 0.358 e. The van der Waals surface area contributed by atoms with Crippen molar-refractivity contribution < 1.29 is 0 Å². The van der Waals surface area contributed by atoms with Gasteiger partial charge >= 0.3 is 0 Å². The molecule has 1 heterocycles. The van der Waals surface area contributed by atoms with E-state index in [4.69, 9.17) is 0 Å². The predicted octanol–water partition coefficient (Wildman–Crippen LogP) is 3.09. The zero-order valence-corrected chi connectivity index (χ0v) is 10.9. The Bertz CT molecular complexity index is 592. The fraction of sp³-hybridized carbons (Fsp3) is 0.500. The first-order valence-electron chi connectivity index (χ1n) is 7.16. The van der Waals surface area contributed by atoms with Gasteiger partial charge in [-0.25, -0.2) is 0 Å². The van der Waals surface area contributed by atoms with Crippen LogP contribution in [0.15, 0.2) is 18.2 Å². The molecule has 0 saturated heterocycles. The zero-order valence-electron chi connectivity index (χ0n) is 10.9. The molecule has 1 aromatic carbocycles. The van der Waals surface area contributed by atoms with Crippen LogP contribution in [0, 0.1) is 6.92 Å². The Hall–Kier alpha value is -1.28. The van der Waals surface area contributed by atoms with Crippen LogP contribution in [0.2, 0.25) is 0 Å². The molecule has 2 aliphatic rings. The van der Waals surface area contributed by atoms with Crippen LogP contribution in [0.1, 0.15) is 36.1 Å². The predicted molar refractivity (Wildman–Crippen MR) is 75.0 cm³/mol.